The monoisotopic (exact) mass is 506 g/mol. The number of methoxy groups -OCH3 is 1. The molecule has 188 valence electrons. The van der Waals surface area contributed by atoms with E-state index in [9.17, 15) is 14.4 Å². The summed E-state index contributed by atoms with van der Waals surface area (Å²) >= 11 is 1.41. The minimum Gasteiger partial charge on any atom is -0.497 e. The number of esters is 1. The highest BCUT2D eigenvalue weighted by Crippen LogP contribution is 2.26. The molecule has 0 saturated heterocycles. The van der Waals surface area contributed by atoms with Crippen molar-refractivity contribution in [2.75, 3.05) is 24.4 Å². The van der Waals surface area contributed by atoms with Crippen LogP contribution in [0.4, 0.5) is 11.4 Å². The number of hydrogen-bond donors (Lipinski definition) is 2. The third-order valence-corrected chi connectivity index (χ3v) is 6.38. The zero-order chi connectivity index (χ0) is 25.9. The summed E-state index contributed by atoms with van der Waals surface area (Å²) < 4.78 is 10.3. The average Bonchev–Trinajstić information content (AvgIpc) is 2.90. The summed E-state index contributed by atoms with van der Waals surface area (Å²) in [6.45, 7) is 4.25. The predicted molar refractivity (Wildman–Crippen MR) is 143 cm³/mol. The van der Waals surface area contributed by atoms with Crippen LogP contribution in [-0.2, 0) is 9.53 Å². The Balaban J connectivity index is 1.49. The zero-order valence-corrected chi connectivity index (χ0v) is 21.4. The average molecular weight is 507 g/mol. The lowest BCUT2D eigenvalue weighted by molar-refractivity contribution is -0.115. The van der Waals surface area contributed by atoms with Crippen molar-refractivity contribution in [1.82, 2.24) is 0 Å². The molecule has 0 aliphatic rings. The number of carbonyl (C=O) groups is 3. The predicted octanol–water partition coefficient (Wildman–Crippen LogP) is 6.02. The lowest BCUT2D eigenvalue weighted by atomic mass is 10.2. The van der Waals surface area contributed by atoms with Gasteiger partial charge in [-0.05, 0) is 86.1 Å². The van der Waals surface area contributed by atoms with Crippen LogP contribution in [0.25, 0.3) is 0 Å². The van der Waals surface area contributed by atoms with E-state index in [2.05, 4.69) is 10.6 Å². The van der Waals surface area contributed by atoms with Gasteiger partial charge in [0, 0.05) is 21.8 Å². The molecule has 8 heteroatoms. The minimum atomic E-state index is -0.367. The third-order valence-electron chi connectivity index (χ3n) is 5.27. The Bertz CT molecular complexity index is 1160. The standard InChI is InChI=1S/C28H30N2O5S/c1-4-5-18-35-28(33)21-6-10-22(11-7-21)29-26(31)19(2)36-25-16-12-23(13-17-25)30-27(32)20-8-14-24(34-3)15-9-20/h6-17,19H,4-5,18H2,1-3H3,(H,29,31)(H,30,32). The maximum atomic E-state index is 12.6. The molecule has 0 aliphatic carbocycles. The maximum Gasteiger partial charge on any atom is 0.338 e. The molecule has 3 rings (SSSR count). The van der Waals surface area contributed by atoms with E-state index in [4.69, 9.17) is 9.47 Å². The Morgan fingerprint density at radius 1 is 0.833 bits per heavy atom. The first-order valence-electron chi connectivity index (χ1n) is 11.7. The van der Waals surface area contributed by atoms with Gasteiger partial charge in [-0.1, -0.05) is 13.3 Å². The Morgan fingerprint density at radius 2 is 1.42 bits per heavy atom. The Labute approximate surface area is 215 Å². The van der Waals surface area contributed by atoms with E-state index in [0.29, 0.717) is 34.9 Å². The molecule has 0 saturated carbocycles. The number of amides is 2. The second kappa shape index (κ2) is 13.3. The molecule has 36 heavy (non-hydrogen) atoms. The summed E-state index contributed by atoms with van der Waals surface area (Å²) in [6, 6.07) is 20.8. The fraction of sp³-hybridized carbons (Fsp3) is 0.250. The van der Waals surface area contributed by atoms with E-state index < -0.39 is 0 Å². The molecule has 0 spiro atoms. The number of anilines is 2. The zero-order valence-electron chi connectivity index (χ0n) is 20.6. The molecule has 0 aliphatic heterocycles. The van der Waals surface area contributed by atoms with E-state index >= 15 is 0 Å². The second-order valence-electron chi connectivity index (χ2n) is 8.02. The van der Waals surface area contributed by atoms with Crippen molar-refractivity contribution in [1.29, 1.82) is 0 Å². The highest BCUT2D eigenvalue weighted by molar-refractivity contribution is 8.00. The quantitative estimate of drug-likeness (QED) is 0.188. The van der Waals surface area contributed by atoms with Crippen molar-refractivity contribution < 1.29 is 23.9 Å². The fourth-order valence-corrected chi connectivity index (χ4v) is 4.01. The third kappa shape index (κ3) is 7.88. The highest BCUT2D eigenvalue weighted by atomic mass is 32.2. The molecule has 0 aromatic heterocycles. The molecule has 1 unspecified atom stereocenters. The highest BCUT2D eigenvalue weighted by Gasteiger charge is 2.15. The Hall–Kier alpha value is -3.78. The number of unbranched alkanes of at least 4 members (excludes halogenated alkanes) is 1. The molecule has 1 atom stereocenters. The lowest BCUT2D eigenvalue weighted by Gasteiger charge is -2.13. The van der Waals surface area contributed by atoms with Crippen LogP contribution in [0.5, 0.6) is 5.75 Å². The number of ether oxygens (including phenoxy) is 2. The van der Waals surface area contributed by atoms with Gasteiger partial charge in [0.25, 0.3) is 5.91 Å². The first-order valence-corrected chi connectivity index (χ1v) is 12.6. The van der Waals surface area contributed by atoms with E-state index in [1.165, 1.54) is 11.8 Å². The first-order chi connectivity index (χ1) is 17.4. The molecule has 0 fully saturated rings. The summed E-state index contributed by atoms with van der Waals surface area (Å²) in [7, 11) is 1.57. The Morgan fingerprint density at radius 3 is 2.03 bits per heavy atom. The van der Waals surface area contributed by atoms with Crippen molar-refractivity contribution >= 4 is 40.9 Å². The number of hydrogen-bond acceptors (Lipinski definition) is 6. The van der Waals surface area contributed by atoms with E-state index in [1.807, 2.05) is 26.0 Å². The summed E-state index contributed by atoms with van der Waals surface area (Å²) in [5.41, 5.74) is 2.24. The van der Waals surface area contributed by atoms with E-state index in [0.717, 1.165) is 17.7 Å². The molecule has 0 radical (unpaired) electrons. The minimum absolute atomic E-state index is 0.157. The summed E-state index contributed by atoms with van der Waals surface area (Å²) in [5.74, 6) is -0.0549. The molecule has 0 heterocycles. The largest absolute Gasteiger partial charge is 0.497 e. The lowest BCUT2D eigenvalue weighted by Crippen LogP contribution is -2.22. The number of rotatable bonds is 11. The van der Waals surface area contributed by atoms with Gasteiger partial charge >= 0.3 is 5.97 Å². The Kier molecular flexibility index (Phi) is 9.94. The molecular formula is C28H30N2O5S. The topological polar surface area (TPSA) is 93.7 Å². The normalized spacial score (nSPS) is 11.3. The van der Waals surface area contributed by atoms with Crippen LogP contribution >= 0.6 is 11.8 Å². The smallest absolute Gasteiger partial charge is 0.338 e. The van der Waals surface area contributed by atoms with Crippen molar-refractivity contribution in [2.24, 2.45) is 0 Å². The number of thioether (sulfide) groups is 1. The van der Waals surface area contributed by atoms with Gasteiger partial charge in [-0.2, -0.15) is 0 Å². The summed E-state index contributed by atoms with van der Waals surface area (Å²) in [4.78, 5) is 38.0. The maximum absolute atomic E-state index is 12.6. The van der Waals surface area contributed by atoms with Gasteiger partial charge in [-0.15, -0.1) is 11.8 Å². The summed E-state index contributed by atoms with van der Waals surface area (Å²) in [6.07, 6.45) is 1.79. The second-order valence-corrected chi connectivity index (χ2v) is 9.44. The number of carbonyl (C=O) groups excluding carboxylic acids is 3. The van der Waals surface area contributed by atoms with Crippen LogP contribution < -0.4 is 15.4 Å². The van der Waals surface area contributed by atoms with E-state index in [1.54, 1.807) is 67.8 Å². The van der Waals surface area contributed by atoms with Crippen LogP contribution in [-0.4, -0.2) is 36.8 Å². The molecule has 3 aromatic carbocycles. The number of nitrogens with one attached hydrogen (secondary N) is 2. The van der Waals surface area contributed by atoms with Crippen molar-refractivity contribution in [3.8, 4) is 5.75 Å². The molecule has 3 aromatic rings. The van der Waals surface area contributed by atoms with Gasteiger partial charge < -0.3 is 20.1 Å². The SMILES string of the molecule is CCCCOC(=O)c1ccc(NC(=O)C(C)Sc2ccc(NC(=O)c3ccc(OC)cc3)cc2)cc1. The first kappa shape index (κ1) is 26.8. The van der Waals surface area contributed by atoms with Crippen LogP contribution in [0, 0.1) is 0 Å². The molecule has 2 amide bonds. The van der Waals surface area contributed by atoms with Crippen LogP contribution in [0.3, 0.4) is 0 Å². The van der Waals surface area contributed by atoms with E-state index in [-0.39, 0.29) is 23.0 Å². The van der Waals surface area contributed by atoms with Crippen molar-refractivity contribution in [3.05, 3.63) is 83.9 Å². The van der Waals surface area contributed by atoms with Gasteiger partial charge in [-0.3, -0.25) is 9.59 Å². The van der Waals surface area contributed by atoms with Gasteiger partial charge in [0.05, 0.1) is 24.5 Å². The molecule has 0 bridgehead atoms. The van der Waals surface area contributed by atoms with Crippen LogP contribution in [0.1, 0.15) is 47.4 Å². The van der Waals surface area contributed by atoms with Gasteiger partial charge in [0.1, 0.15) is 5.75 Å². The van der Waals surface area contributed by atoms with Gasteiger partial charge in [-0.25, -0.2) is 4.79 Å². The van der Waals surface area contributed by atoms with Crippen LogP contribution in [0.2, 0.25) is 0 Å². The molecule has 7 nitrogen and oxygen atoms in total. The molecule has 2 N–H and O–H groups in total. The van der Waals surface area contributed by atoms with Gasteiger partial charge in [0.2, 0.25) is 5.91 Å². The van der Waals surface area contributed by atoms with Crippen LogP contribution in [0.15, 0.2) is 77.7 Å². The van der Waals surface area contributed by atoms with Crippen molar-refractivity contribution in [2.45, 2.75) is 36.8 Å². The summed E-state index contributed by atoms with van der Waals surface area (Å²) in [5, 5.41) is 5.37. The number of benzene rings is 3. The molecular weight excluding hydrogens is 476 g/mol. The fourth-order valence-electron chi connectivity index (χ4n) is 3.15. The van der Waals surface area contributed by atoms with Crippen molar-refractivity contribution in [3.63, 3.8) is 0 Å². The van der Waals surface area contributed by atoms with Gasteiger partial charge in [0.15, 0.2) is 0 Å².